The zero-order valence-electron chi connectivity index (χ0n) is 15.7. The minimum Gasteiger partial charge on any atom is -0.444 e. The highest BCUT2D eigenvalue weighted by molar-refractivity contribution is 7.10. The number of carbonyl (C=O) groups excluding carboxylic acids is 1. The third kappa shape index (κ3) is 6.92. The monoisotopic (exact) mass is 340 g/mol. The number of nitrogens with zero attached hydrogens (tertiary/aromatic N) is 1. The average Bonchev–Trinajstić information content (AvgIpc) is 2.82. The second-order valence-electron chi connectivity index (χ2n) is 7.70. The number of aryl methyl sites for hydroxylation is 1. The normalized spacial score (nSPS) is 12.3. The molecule has 0 aromatic carbocycles. The molecule has 0 saturated heterocycles. The fourth-order valence-electron chi connectivity index (χ4n) is 2.25. The number of nitrogens with one attached hydrogen (secondary N) is 1. The van der Waals surface area contributed by atoms with E-state index in [1.165, 1.54) is 10.4 Å². The summed E-state index contributed by atoms with van der Waals surface area (Å²) in [6.07, 6.45) is 0.809. The van der Waals surface area contributed by atoms with Gasteiger partial charge in [-0.3, -0.25) is 0 Å². The molecule has 0 atom stereocenters. The Kier molecular flexibility index (Phi) is 7.08. The number of thiophene rings is 1. The van der Waals surface area contributed by atoms with Gasteiger partial charge in [0.15, 0.2) is 0 Å². The number of ether oxygens (including phenoxy) is 1. The van der Waals surface area contributed by atoms with Gasteiger partial charge in [-0.2, -0.15) is 0 Å². The first-order valence-corrected chi connectivity index (χ1v) is 9.19. The molecule has 0 aliphatic rings. The summed E-state index contributed by atoms with van der Waals surface area (Å²) in [7, 11) is 0. The molecule has 0 fully saturated rings. The van der Waals surface area contributed by atoms with Crippen molar-refractivity contribution in [3.05, 3.63) is 21.9 Å². The SMILES string of the molecule is CCc1ccsc1CNCCN(C(=O)OC(C)(C)C)C(C)(C)C. The lowest BCUT2D eigenvalue weighted by atomic mass is 10.1. The molecule has 4 nitrogen and oxygen atoms in total. The zero-order valence-corrected chi connectivity index (χ0v) is 16.5. The van der Waals surface area contributed by atoms with E-state index in [1.54, 1.807) is 16.2 Å². The Morgan fingerprint density at radius 3 is 2.43 bits per heavy atom. The van der Waals surface area contributed by atoms with Gasteiger partial charge in [0.1, 0.15) is 5.60 Å². The molecule has 0 aliphatic carbocycles. The molecule has 0 bridgehead atoms. The molecular formula is C18H32N2O2S. The summed E-state index contributed by atoms with van der Waals surface area (Å²) < 4.78 is 5.53. The van der Waals surface area contributed by atoms with Gasteiger partial charge in [-0.15, -0.1) is 11.3 Å². The van der Waals surface area contributed by atoms with E-state index in [0.29, 0.717) is 6.54 Å². The lowest BCUT2D eigenvalue weighted by molar-refractivity contribution is 0.00663. The smallest absolute Gasteiger partial charge is 0.410 e. The largest absolute Gasteiger partial charge is 0.444 e. The average molecular weight is 341 g/mol. The fourth-order valence-corrected chi connectivity index (χ4v) is 3.19. The maximum Gasteiger partial charge on any atom is 0.410 e. The summed E-state index contributed by atoms with van der Waals surface area (Å²) in [5.74, 6) is 0. The van der Waals surface area contributed by atoms with Crippen molar-refractivity contribution < 1.29 is 9.53 Å². The topological polar surface area (TPSA) is 41.6 Å². The molecule has 23 heavy (non-hydrogen) atoms. The highest BCUT2D eigenvalue weighted by Gasteiger charge is 2.30. The molecule has 1 aromatic rings. The fraction of sp³-hybridized carbons (Fsp3) is 0.722. The molecule has 1 aromatic heterocycles. The first-order valence-electron chi connectivity index (χ1n) is 8.31. The summed E-state index contributed by atoms with van der Waals surface area (Å²) in [6, 6.07) is 2.18. The van der Waals surface area contributed by atoms with Crippen LogP contribution in [0.25, 0.3) is 0 Å². The van der Waals surface area contributed by atoms with Gasteiger partial charge in [-0.05, 0) is 65.0 Å². The highest BCUT2D eigenvalue weighted by atomic mass is 32.1. The van der Waals surface area contributed by atoms with Crippen LogP contribution in [0.2, 0.25) is 0 Å². The van der Waals surface area contributed by atoms with Gasteiger partial charge in [0, 0.05) is 30.1 Å². The van der Waals surface area contributed by atoms with Crippen molar-refractivity contribution in [2.24, 2.45) is 0 Å². The molecule has 1 heterocycles. The maximum atomic E-state index is 12.4. The number of rotatable bonds is 6. The van der Waals surface area contributed by atoms with Crippen LogP contribution < -0.4 is 5.32 Å². The minimum absolute atomic E-state index is 0.253. The van der Waals surface area contributed by atoms with Crippen molar-refractivity contribution in [3.8, 4) is 0 Å². The second kappa shape index (κ2) is 8.15. The lowest BCUT2D eigenvalue weighted by Crippen LogP contribution is -2.50. The lowest BCUT2D eigenvalue weighted by Gasteiger charge is -2.36. The number of hydrogen-bond donors (Lipinski definition) is 1. The van der Waals surface area contributed by atoms with Gasteiger partial charge in [0.05, 0.1) is 0 Å². The Bertz CT molecular complexity index is 498. The van der Waals surface area contributed by atoms with Crippen molar-refractivity contribution in [1.29, 1.82) is 0 Å². The van der Waals surface area contributed by atoms with Crippen molar-refractivity contribution in [2.45, 2.75) is 72.6 Å². The predicted octanol–water partition coefficient (Wildman–Crippen LogP) is 4.44. The van der Waals surface area contributed by atoms with E-state index < -0.39 is 5.60 Å². The first kappa shape index (κ1) is 20.0. The Balaban J connectivity index is 2.54. The molecule has 132 valence electrons. The molecule has 0 aliphatic heterocycles. The van der Waals surface area contributed by atoms with Crippen LogP contribution in [-0.4, -0.2) is 35.2 Å². The van der Waals surface area contributed by atoms with Crippen molar-refractivity contribution in [3.63, 3.8) is 0 Å². The summed E-state index contributed by atoms with van der Waals surface area (Å²) in [4.78, 5) is 15.6. The van der Waals surface area contributed by atoms with Crippen LogP contribution >= 0.6 is 11.3 Å². The molecule has 0 radical (unpaired) electrons. The summed E-state index contributed by atoms with van der Waals surface area (Å²) in [6.45, 7) is 16.2. The van der Waals surface area contributed by atoms with Gasteiger partial charge in [-0.25, -0.2) is 4.79 Å². The van der Waals surface area contributed by atoms with Gasteiger partial charge < -0.3 is 15.0 Å². The first-order chi connectivity index (χ1) is 10.5. The Morgan fingerprint density at radius 1 is 1.26 bits per heavy atom. The molecule has 0 unspecified atom stereocenters. The maximum absolute atomic E-state index is 12.4. The van der Waals surface area contributed by atoms with Gasteiger partial charge in [0.25, 0.3) is 0 Å². The molecule has 5 heteroatoms. The zero-order chi connectivity index (χ0) is 17.7. The van der Waals surface area contributed by atoms with Crippen LogP contribution in [0.4, 0.5) is 4.79 Å². The highest BCUT2D eigenvalue weighted by Crippen LogP contribution is 2.19. The van der Waals surface area contributed by atoms with Gasteiger partial charge in [-0.1, -0.05) is 6.92 Å². The third-order valence-corrected chi connectivity index (χ3v) is 4.40. The molecule has 1 amide bonds. The Hall–Kier alpha value is -1.07. The van der Waals surface area contributed by atoms with Crippen LogP contribution in [0.3, 0.4) is 0 Å². The van der Waals surface area contributed by atoms with Crippen LogP contribution in [0, 0.1) is 0 Å². The van der Waals surface area contributed by atoms with E-state index >= 15 is 0 Å². The van der Waals surface area contributed by atoms with Gasteiger partial charge >= 0.3 is 6.09 Å². The Morgan fingerprint density at radius 2 is 1.91 bits per heavy atom. The minimum atomic E-state index is -0.471. The number of amides is 1. The molecular weight excluding hydrogens is 308 g/mol. The quantitative estimate of drug-likeness (QED) is 0.779. The summed E-state index contributed by atoms with van der Waals surface area (Å²) in [5.41, 5.74) is 0.671. The molecule has 1 N–H and O–H groups in total. The van der Waals surface area contributed by atoms with E-state index in [4.69, 9.17) is 4.74 Å². The van der Waals surface area contributed by atoms with Crippen LogP contribution in [0.5, 0.6) is 0 Å². The third-order valence-electron chi connectivity index (χ3n) is 3.44. The predicted molar refractivity (Wildman–Crippen MR) is 98.1 cm³/mol. The summed E-state index contributed by atoms with van der Waals surface area (Å²) >= 11 is 1.78. The van der Waals surface area contributed by atoms with Crippen molar-refractivity contribution in [1.82, 2.24) is 10.2 Å². The van der Waals surface area contributed by atoms with E-state index in [9.17, 15) is 4.79 Å². The van der Waals surface area contributed by atoms with E-state index in [1.807, 2.05) is 41.5 Å². The Labute approximate surface area is 145 Å². The van der Waals surface area contributed by atoms with Crippen molar-refractivity contribution in [2.75, 3.05) is 13.1 Å². The van der Waals surface area contributed by atoms with E-state index in [-0.39, 0.29) is 11.6 Å². The molecule has 0 spiro atoms. The van der Waals surface area contributed by atoms with E-state index in [2.05, 4.69) is 23.7 Å². The second-order valence-corrected chi connectivity index (χ2v) is 8.70. The summed E-state index contributed by atoms with van der Waals surface area (Å²) in [5, 5.41) is 5.58. The van der Waals surface area contributed by atoms with Crippen LogP contribution in [-0.2, 0) is 17.7 Å². The number of carbonyl (C=O) groups is 1. The van der Waals surface area contributed by atoms with Crippen LogP contribution in [0.15, 0.2) is 11.4 Å². The standard InChI is InChI=1S/C18H32N2O2S/c1-8-14-9-12-23-15(14)13-19-10-11-20(17(2,3)4)16(21)22-18(5,6)7/h9,12,19H,8,10-11,13H2,1-7H3. The molecule has 1 rings (SSSR count). The van der Waals surface area contributed by atoms with E-state index in [0.717, 1.165) is 19.5 Å². The van der Waals surface area contributed by atoms with Crippen molar-refractivity contribution >= 4 is 17.4 Å². The number of hydrogen-bond acceptors (Lipinski definition) is 4. The van der Waals surface area contributed by atoms with Gasteiger partial charge in [0.2, 0.25) is 0 Å². The molecule has 0 saturated carbocycles. The van der Waals surface area contributed by atoms with Crippen LogP contribution in [0.1, 0.15) is 58.9 Å².